The number of para-hydroxylation sites is 1. The molecule has 0 aliphatic heterocycles. The van der Waals surface area contributed by atoms with Crippen LogP contribution >= 0.6 is 0 Å². The summed E-state index contributed by atoms with van der Waals surface area (Å²) in [4.78, 5) is 10.8. The number of fused-ring (bicyclic) bond motifs is 1. The second-order valence-electron chi connectivity index (χ2n) is 4.15. The number of anilines is 2. The minimum atomic E-state index is 0.414. The van der Waals surface area contributed by atoms with Crippen LogP contribution in [0.3, 0.4) is 0 Å². The third kappa shape index (κ3) is 3.10. The quantitative estimate of drug-likeness (QED) is 0.465. The zero-order valence-corrected chi connectivity index (χ0v) is 11.3. The fourth-order valence-corrected chi connectivity index (χ4v) is 1.87. The first-order chi connectivity index (χ1) is 9.26. The van der Waals surface area contributed by atoms with Gasteiger partial charge in [0.25, 0.3) is 0 Å². The molecule has 1 aromatic heterocycles. The summed E-state index contributed by atoms with van der Waals surface area (Å²) in [7, 11) is 1.98. The molecule has 0 amide bonds. The molecular formula is C13H19N5O. The van der Waals surface area contributed by atoms with Crippen LogP contribution in [0.4, 0.5) is 11.8 Å². The lowest BCUT2D eigenvalue weighted by molar-refractivity contribution is 0.154. The minimum absolute atomic E-state index is 0.414. The van der Waals surface area contributed by atoms with Crippen molar-refractivity contribution in [2.24, 2.45) is 5.84 Å². The summed E-state index contributed by atoms with van der Waals surface area (Å²) < 4.78 is 5.37. The van der Waals surface area contributed by atoms with Crippen molar-refractivity contribution in [3.05, 3.63) is 24.3 Å². The van der Waals surface area contributed by atoms with Gasteiger partial charge in [-0.25, -0.2) is 10.8 Å². The Morgan fingerprint density at radius 2 is 2.11 bits per heavy atom. The van der Waals surface area contributed by atoms with Crippen LogP contribution in [0.2, 0.25) is 0 Å². The van der Waals surface area contributed by atoms with E-state index in [0.717, 1.165) is 23.3 Å². The Balaban J connectivity index is 2.34. The number of rotatable bonds is 6. The summed E-state index contributed by atoms with van der Waals surface area (Å²) in [6, 6.07) is 7.86. The molecule has 0 bridgehead atoms. The second kappa shape index (κ2) is 6.31. The van der Waals surface area contributed by atoms with Gasteiger partial charge < -0.3 is 9.64 Å². The van der Waals surface area contributed by atoms with Crippen molar-refractivity contribution in [1.82, 2.24) is 9.97 Å². The third-order valence-electron chi connectivity index (χ3n) is 2.85. The maximum Gasteiger partial charge on any atom is 0.239 e. The van der Waals surface area contributed by atoms with Crippen LogP contribution in [-0.2, 0) is 4.74 Å². The van der Waals surface area contributed by atoms with Crippen LogP contribution in [0.5, 0.6) is 0 Å². The lowest BCUT2D eigenvalue weighted by Crippen LogP contribution is -2.24. The molecule has 0 saturated heterocycles. The second-order valence-corrected chi connectivity index (χ2v) is 4.15. The van der Waals surface area contributed by atoms with Gasteiger partial charge in [0.1, 0.15) is 5.82 Å². The van der Waals surface area contributed by atoms with Crippen LogP contribution in [-0.4, -0.2) is 36.8 Å². The van der Waals surface area contributed by atoms with Crippen LogP contribution in [0.25, 0.3) is 10.9 Å². The molecular weight excluding hydrogens is 242 g/mol. The smallest absolute Gasteiger partial charge is 0.239 e. The van der Waals surface area contributed by atoms with Gasteiger partial charge in [-0.3, -0.25) is 5.43 Å². The highest BCUT2D eigenvalue weighted by Gasteiger charge is 2.10. The average Bonchev–Trinajstić information content (AvgIpc) is 2.46. The maximum atomic E-state index is 5.41. The number of nitrogens with one attached hydrogen (secondary N) is 1. The van der Waals surface area contributed by atoms with Crippen molar-refractivity contribution in [3.63, 3.8) is 0 Å². The standard InChI is InChI=1S/C13H19N5O/c1-3-19-9-8-18(2)12-10-6-4-5-7-11(10)15-13(16-12)17-14/h4-7H,3,8-9,14H2,1-2H3,(H,15,16,17). The first kappa shape index (κ1) is 13.5. The van der Waals surface area contributed by atoms with Gasteiger partial charge >= 0.3 is 0 Å². The summed E-state index contributed by atoms with van der Waals surface area (Å²) in [6.07, 6.45) is 0. The molecule has 102 valence electrons. The molecule has 2 aromatic rings. The first-order valence-corrected chi connectivity index (χ1v) is 6.28. The number of hydrogen-bond donors (Lipinski definition) is 2. The summed E-state index contributed by atoms with van der Waals surface area (Å²) in [5, 5.41) is 1.00. The summed E-state index contributed by atoms with van der Waals surface area (Å²) >= 11 is 0. The Labute approximate surface area is 112 Å². The van der Waals surface area contributed by atoms with E-state index in [1.165, 1.54) is 0 Å². The molecule has 0 spiro atoms. The topological polar surface area (TPSA) is 76.3 Å². The first-order valence-electron chi connectivity index (χ1n) is 6.28. The molecule has 19 heavy (non-hydrogen) atoms. The van der Waals surface area contributed by atoms with Crippen molar-refractivity contribution in [3.8, 4) is 0 Å². The monoisotopic (exact) mass is 261 g/mol. The number of nitrogens with two attached hydrogens (primary N) is 1. The highest BCUT2D eigenvalue weighted by molar-refractivity contribution is 5.90. The van der Waals surface area contributed by atoms with E-state index < -0.39 is 0 Å². The normalized spacial score (nSPS) is 10.7. The number of hydrazine groups is 1. The van der Waals surface area contributed by atoms with Gasteiger partial charge in [0.05, 0.1) is 12.1 Å². The molecule has 0 unspecified atom stereocenters. The van der Waals surface area contributed by atoms with Gasteiger partial charge in [0.15, 0.2) is 0 Å². The SMILES string of the molecule is CCOCCN(C)c1nc(NN)nc2ccccc12. The van der Waals surface area contributed by atoms with Crippen molar-refractivity contribution >= 4 is 22.7 Å². The molecule has 0 aliphatic carbocycles. The highest BCUT2D eigenvalue weighted by Crippen LogP contribution is 2.23. The van der Waals surface area contributed by atoms with Gasteiger partial charge in [0.2, 0.25) is 5.95 Å². The number of nitrogen functional groups attached to an aromatic ring is 1. The van der Waals surface area contributed by atoms with E-state index in [1.54, 1.807) is 0 Å². The van der Waals surface area contributed by atoms with Crippen molar-refractivity contribution in [1.29, 1.82) is 0 Å². The molecule has 0 atom stereocenters. The molecule has 3 N–H and O–H groups in total. The van der Waals surface area contributed by atoms with E-state index in [-0.39, 0.29) is 0 Å². The van der Waals surface area contributed by atoms with E-state index in [1.807, 2.05) is 43.1 Å². The van der Waals surface area contributed by atoms with E-state index in [9.17, 15) is 0 Å². The predicted molar refractivity (Wildman–Crippen MR) is 77.1 cm³/mol. The number of benzene rings is 1. The predicted octanol–water partition coefficient (Wildman–Crippen LogP) is 1.39. The number of nitrogens with zero attached hydrogens (tertiary/aromatic N) is 3. The lowest BCUT2D eigenvalue weighted by Gasteiger charge is -2.20. The van der Waals surface area contributed by atoms with E-state index >= 15 is 0 Å². The van der Waals surface area contributed by atoms with Gasteiger partial charge in [-0.2, -0.15) is 4.98 Å². The lowest BCUT2D eigenvalue weighted by atomic mass is 10.2. The fraction of sp³-hybridized carbons (Fsp3) is 0.385. The molecule has 0 fully saturated rings. The Morgan fingerprint density at radius 1 is 1.32 bits per heavy atom. The number of ether oxygens (including phenoxy) is 1. The zero-order valence-electron chi connectivity index (χ0n) is 11.3. The Morgan fingerprint density at radius 3 is 2.84 bits per heavy atom. The highest BCUT2D eigenvalue weighted by atomic mass is 16.5. The Kier molecular flexibility index (Phi) is 4.48. The summed E-state index contributed by atoms with van der Waals surface area (Å²) in [5.74, 6) is 6.67. The molecule has 1 aromatic carbocycles. The number of hydrogen-bond acceptors (Lipinski definition) is 6. The van der Waals surface area contributed by atoms with Crippen molar-refractivity contribution < 1.29 is 4.74 Å². The van der Waals surface area contributed by atoms with Gasteiger partial charge in [-0.1, -0.05) is 12.1 Å². The molecule has 0 aliphatic rings. The largest absolute Gasteiger partial charge is 0.380 e. The third-order valence-corrected chi connectivity index (χ3v) is 2.85. The maximum absolute atomic E-state index is 5.41. The average molecular weight is 261 g/mol. The van der Waals surface area contributed by atoms with E-state index in [0.29, 0.717) is 19.2 Å². The van der Waals surface area contributed by atoms with E-state index in [2.05, 4.69) is 15.4 Å². The zero-order chi connectivity index (χ0) is 13.7. The van der Waals surface area contributed by atoms with Crippen molar-refractivity contribution in [2.75, 3.05) is 37.1 Å². The van der Waals surface area contributed by atoms with Gasteiger partial charge in [-0.15, -0.1) is 0 Å². The van der Waals surface area contributed by atoms with Crippen molar-refractivity contribution in [2.45, 2.75) is 6.92 Å². The van der Waals surface area contributed by atoms with Gasteiger partial charge in [0, 0.05) is 25.6 Å². The molecule has 6 nitrogen and oxygen atoms in total. The van der Waals surface area contributed by atoms with E-state index in [4.69, 9.17) is 10.6 Å². The molecule has 0 saturated carbocycles. The van der Waals surface area contributed by atoms with Gasteiger partial charge in [-0.05, 0) is 19.1 Å². The number of aromatic nitrogens is 2. The fourth-order valence-electron chi connectivity index (χ4n) is 1.87. The van der Waals surface area contributed by atoms with Crippen LogP contribution in [0.15, 0.2) is 24.3 Å². The molecule has 2 rings (SSSR count). The van der Waals surface area contributed by atoms with Crippen LogP contribution < -0.4 is 16.2 Å². The molecule has 1 heterocycles. The molecule has 0 radical (unpaired) electrons. The molecule has 6 heteroatoms. The number of likely N-dealkylation sites (N-methyl/N-ethyl adjacent to an activating group) is 1. The Hall–Kier alpha value is -1.92. The Bertz CT molecular complexity index is 546. The summed E-state index contributed by atoms with van der Waals surface area (Å²) in [5.41, 5.74) is 3.37. The summed E-state index contributed by atoms with van der Waals surface area (Å²) in [6.45, 7) is 4.13. The van der Waals surface area contributed by atoms with Crippen LogP contribution in [0, 0.1) is 0 Å². The minimum Gasteiger partial charge on any atom is -0.380 e. The van der Waals surface area contributed by atoms with Crippen LogP contribution in [0.1, 0.15) is 6.92 Å².